The van der Waals surface area contributed by atoms with Crippen molar-refractivity contribution in [2.24, 2.45) is 5.73 Å². The van der Waals surface area contributed by atoms with Gasteiger partial charge in [0.25, 0.3) is 5.91 Å². The van der Waals surface area contributed by atoms with Crippen LogP contribution in [0.5, 0.6) is 0 Å². The van der Waals surface area contributed by atoms with E-state index in [1.807, 2.05) is 25.1 Å². The highest BCUT2D eigenvalue weighted by Crippen LogP contribution is 2.16. The van der Waals surface area contributed by atoms with Crippen molar-refractivity contribution in [1.29, 1.82) is 0 Å². The summed E-state index contributed by atoms with van der Waals surface area (Å²) in [6, 6.07) is 7.36. The lowest BCUT2D eigenvalue weighted by Gasteiger charge is -2.09. The second kappa shape index (κ2) is 5.19. The highest BCUT2D eigenvalue weighted by Gasteiger charge is 2.12. The second-order valence-corrected chi connectivity index (χ2v) is 4.55. The third kappa shape index (κ3) is 2.63. The molecule has 1 heterocycles. The molecule has 0 saturated heterocycles. The molecule has 0 aliphatic carbocycles. The van der Waals surface area contributed by atoms with Gasteiger partial charge in [0.2, 0.25) is 0 Å². The number of carbonyl (C=O) groups is 1. The Labute approximate surface area is 116 Å². The molecule has 0 radical (unpaired) electrons. The smallest absolute Gasteiger partial charge is 0.271 e. The Hall–Kier alpha value is -2.21. The van der Waals surface area contributed by atoms with Gasteiger partial charge in [-0.3, -0.25) is 4.79 Å². The fourth-order valence-electron chi connectivity index (χ4n) is 1.75. The average Bonchev–Trinajstić information content (AvgIpc) is 2.86. The van der Waals surface area contributed by atoms with Crippen LogP contribution in [0.25, 0.3) is 5.69 Å². The van der Waals surface area contributed by atoms with Gasteiger partial charge in [-0.1, -0.05) is 18.3 Å². The number of benzene rings is 1. The quantitative estimate of drug-likeness (QED) is 0.824. The number of nitrogens with two attached hydrogens (primary N) is 1. The van der Waals surface area contributed by atoms with Gasteiger partial charge >= 0.3 is 0 Å². The van der Waals surface area contributed by atoms with Gasteiger partial charge in [-0.05, 0) is 30.7 Å². The third-order valence-corrected chi connectivity index (χ3v) is 2.93. The van der Waals surface area contributed by atoms with Crippen LogP contribution < -0.4 is 11.1 Å². The van der Waals surface area contributed by atoms with Crippen LogP contribution in [-0.4, -0.2) is 27.7 Å². The van der Waals surface area contributed by atoms with Crippen LogP contribution >= 0.6 is 12.2 Å². The van der Waals surface area contributed by atoms with Crippen LogP contribution in [0.15, 0.2) is 30.5 Å². The van der Waals surface area contributed by atoms with Crippen molar-refractivity contribution in [2.45, 2.75) is 6.92 Å². The van der Waals surface area contributed by atoms with Crippen LogP contribution in [0.3, 0.4) is 0 Å². The predicted octanol–water partition coefficient (Wildman–Crippen LogP) is 1.17. The Morgan fingerprint density at radius 3 is 2.79 bits per heavy atom. The number of hydrogen-bond donors (Lipinski definition) is 2. The van der Waals surface area contributed by atoms with E-state index in [-0.39, 0.29) is 5.91 Å². The molecule has 0 aliphatic rings. The number of carbonyl (C=O) groups excluding carboxylic acids is 1. The van der Waals surface area contributed by atoms with Crippen LogP contribution in [0.4, 0.5) is 0 Å². The molecule has 1 aromatic heterocycles. The molecule has 2 aromatic rings. The molecule has 0 saturated carbocycles. The monoisotopic (exact) mass is 274 g/mol. The molecule has 98 valence electrons. The number of aromatic nitrogens is 2. The summed E-state index contributed by atoms with van der Waals surface area (Å²) < 4.78 is 1.60. The zero-order valence-corrected chi connectivity index (χ0v) is 11.5. The van der Waals surface area contributed by atoms with E-state index in [1.54, 1.807) is 24.0 Å². The van der Waals surface area contributed by atoms with Gasteiger partial charge < -0.3 is 11.1 Å². The lowest BCUT2D eigenvalue weighted by atomic mass is 10.1. The Morgan fingerprint density at radius 1 is 1.42 bits per heavy atom. The minimum Gasteiger partial charge on any atom is -0.389 e. The summed E-state index contributed by atoms with van der Waals surface area (Å²) in [6.45, 7) is 1.97. The van der Waals surface area contributed by atoms with Gasteiger partial charge in [-0.15, -0.1) is 0 Å². The number of amides is 1. The Bertz CT molecular complexity index is 648. The number of nitrogens with one attached hydrogen (secondary N) is 1. The molecule has 19 heavy (non-hydrogen) atoms. The van der Waals surface area contributed by atoms with Crippen molar-refractivity contribution in [1.82, 2.24) is 15.1 Å². The summed E-state index contributed by atoms with van der Waals surface area (Å²) in [4.78, 5) is 11.8. The first kappa shape index (κ1) is 13.2. The molecule has 0 unspecified atom stereocenters. The molecule has 0 aliphatic heterocycles. The molecule has 2 rings (SSSR count). The molecule has 3 N–H and O–H groups in total. The van der Waals surface area contributed by atoms with E-state index in [0.717, 1.165) is 16.8 Å². The van der Waals surface area contributed by atoms with E-state index in [0.29, 0.717) is 10.7 Å². The second-order valence-electron chi connectivity index (χ2n) is 4.11. The molecular formula is C13H14N4OS. The fourth-order valence-corrected chi connectivity index (χ4v) is 1.92. The van der Waals surface area contributed by atoms with Crippen LogP contribution in [-0.2, 0) is 0 Å². The van der Waals surface area contributed by atoms with E-state index in [1.165, 1.54) is 0 Å². The van der Waals surface area contributed by atoms with Crippen LogP contribution in [0.2, 0.25) is 0 Å². The summed E-state index contributed by atoms with van der Waals surface area (Å²) in [5, 5.41) is 6.75. The lowest BCUT2D eigenvalue weighted by molar-refractivity contribution is 0.0957. The number of nitrogens with zero attached hydrogens (tertiary/aromatic N) is 2. The first-order chi connectivity index (χ1) is 9.02. The summed E-state index contributed by atoms with van der Waals surface area (Å²) in [7, 11) is 1.56. The summed E-state index contributed by atoms with van der Waals surface area (Å²) in [6.07, 6.45) is 1.71. The zero-order chi connectivity index (χ0) is 14.0. The molecule has 1 aromatic carbocycles. The first-order valence-corrected chi connectivity index (χ1v) is 6.12. The SMILES string of the molecule is CNC(=O)c1ccn(-c2cc(C)ccc2C(N)=S)n1. The average molecular weight is 274 g/mol. The van der Waals surface area contributed by atoms with Crippen molar-refractivity contribution in [3.63, 3.8) is 0 Å². The number of thiocarbonyl (C=S) groups is 1. The largest absolute Gasteiger partial charge is 0.389 e. The normalized spacial score (nSPS) is 10.2. The van der Waals surface area contributed by atoms with Gasteiger partial charge in [0, 0.05) is 18.8 Å². The Kier molecular flexibility index (Phi) is 3.62. The molecule has 0 fully saturated rings. The van der Waals surface area contributed by atoms with E-state index < -0.39 is 0 Å². The van der Waals surface area contributed by atoms with E-state index >= 15 is 0 Å². The molecule has 0 atom stereocenters. The maximum absolute atomic E-state index is 11.5. The lowest BCUT2D eigenvalue weighted by Crippen LogP contribution is -2.19. The standard InChI is InChI=1S/C13H14N4OS/c1-8-3-4-9(12(14)19)11(7-8)17-6-5-10(16-17)13(18)15-2/h3-7H,1-2H3,(H2,14,19)(H,15,18). The fraction of sp³-hybridized carbons (Fsp3) is 0.154. The van der Waals surface area contributed by atoms with Crippen molar-refractivity contribution in [3.8, 4) is 5.69 Å². The van der Waals surface area contributed by atoms with Crippen molar-refractivity contribution < 1.29 is 4.79 Å². The van der Waals surface area contributed by atoms with Crippen molar-refractivity contribution in [2.75, 3.05) is 7.05 Å². The first-order valence-electron chi connectivity index (χ1n) is 5.71. The van der Waals surface area contributed by atoms with Gasteiger partial charge in [-0.2, -0.15) is 5.10 Å². The predicted molar refractivity (Wildman–Crippen MR) is 77.6 cm³/mol. The summed E-state index contributed by atoms with van der Waals surface area (Å²) in [5.74, 6) is -0.233. The van der Waals surface area contributed by atoms with Crippen LogP contribution in [0.1, 0.15) is 21.6 Å². The molecule has 5 nitrogen and oxygen atoms in total. The molecule has 1 amide bonds. The molecular weight excluding hydrogens is 260 g/mol. The zero-order valence-electron chi connectivity index (χ0n) is 10.7. The number of hydrogen-bond acceptors (Lipinski definition) is 3. The van der Waals surface area contributed by atoms with Gasteiger partial charge in [-0.25, -0.2) is 4.68 Å². The highest BCUT2D eigenvalue weighted by molar-refractivity contribution is 7.80. The molecule has 6 heteroatoms. The molecule has 0 bridgehead atoms. The minimum atomic E-state index is -0.233. The van der Waals surface area contributed by atoms with Gasteiger partial charge in [0.15, 0.2) is 5.69 Å². The maximum atomic E-state index is 11.5. The number of rotatable bonds is 3. The van der Waals surface area contributed by atoms with Gasteiger partial charge in [0.05, 0.1) is 5.69 Å². The highest BCUT2D eigenvalue weighted by atomic mass is 32.1. The minimum absolute atomic E-state index is 0.233. The topological polar surface area (TPSA) is 72.9 Å². The van der Waals surface area contributed by atoms with E-state index in [9.17, 15) is 4.79 Å². The van der Waals surface area contributed by atoms with E-state index in [4.69, 9.17) is 18.0 Å². The van der Waals surface area contributed by atoms with Crippen molar-refractivity contribution in [3.05, 3.63) is 47.3 Å². The third-order valence-electron chi connectivity index (χ3n) is 2.71. The Balaban J connectivity index is 2.52. The Morgan fingerprint density at radius 2 is 2.16 bits per heavy atom. The van der Waals surface area contributed by atoms with Crippen LogP contribution in [0, 0.1) is 6.92 Å². The molecule has 0 spiro atoms. The summed E-state index contributed by atoms with van der Waals surface area (Å²) >= 11 is 5.03. The van der Waals surface area contributed by atoms with E-state index in [2.05, 4.69) is 10.4 Å². The van der Waals surface area contributed by atoms with Gasteiger partial charge in [0.1, 0.15) is 4.99 Å². The summed E-state index contributed by atoms with van der Waals surface area (Å²) in [5.41, 5.74) is 8.61. The number of aryl methyl sites for hydroxylation is 1. The van der Waals surface area contributed by atoms with Crippen molar-refractivity contribution >= 4 is 23.1 Å². The maximum Gasteiger partial charge on any atom is 0.271 e.